The van der Waals surface area contributed by atoms with Gasteiger partial charge in [-0.15, -0.1) is 0 Å². The summed E-state index contributed by atoms with van der Waals surface area (Å²) in [5, 5.41) is 2.63. The lowest BCUT2D eigenvalue weighted by Crippen LogP contribution is -2.56. The monoisotopic (exact) mass is 607 g/mol. The molecule has 2 atom stereocenters. The third-order valence-corrected chi connectivity index (χ3v) is 8.71. The van der Waals surface area contributed by atoms with Gasteiger partial charge in [0.2, 0.25) is 5.91 Å². The summed E-state index contributed by atoms with van der Waals surface area (Å²) in [5.41, 5.74) is 0.732. The van der Waals surface area contributed by atoms with Crippen LogP contribution in [-0.2, 0) is 19.8 Å². The number of halogens is 4. The van der Waals surface area contributed by atoms with E-state index in [-0.39, 0.29) is 28.6 Å². The highest BCUT2D eigenvalue weighted by molar-refractivity contribution is 7.91. The predicted octanol–water partition coefficient (Wildman–Crippen LogP) is 3.89. The fraction of sp³-hybridized carbons (Fsp3) is 0.296. The topological polar surface area (TPSA) is 112 Å². The second kappa shape index (κ2) is 11.0. The van der Waals surface area contributed by atoms with Crippen LogP contribution in [-0.4, -0.2) is 49.8 Å². The molecule has 1 aliphatic carbocycles. The minimum atomic E-state index is -4.23. The summed E-state index contributed by atoms with van der Waals surface area (Å²) < 4.78 is 70.9. The number of hydrogen-bond donors (Lipinski definition) is 2. The second-order valence-electron chi connectivity index (χ2n) is 9.94. The Bertz CT molecular complexity index is 1600. The molecule has 1 aliphatic heterocycles. The Labute approximate surface area is 239 Å². The number of rotatable bonds is 7. The Balaban J connectivity index is 1.63. The van der Waals surface area contributed by atoms with Crippen LogP contribution in [0.1, 0.15) is 30.0 Å². The van der Waals surface area contributed by atoms with Gasteiger partial charge in [0.1, 0.15) is 23.7 Å². The average Bonchev–Trinajstić information content (AvgIpc) is 3.21. The van der Waals surface area contributed by atoms with Crippen LogP contribution in [0.4, 0.5) is 24.7 Å². The fourth-order valence-electron chi connectivity index (χ4n) is 4.94. The molecule has 0 unspecified atom stereocenters. The number of aryl methyl sites for hydroxylation is 1. The number of carbonyl (C=O) groups excluding carboxylic acids is 2. The van der Waals surface area contributed by atoms with Crippen molar-refractivity contribution in [1.82, 2.24) is 15.0 Å². The SMILES string of the molecule is Cc1ccnc(N2[C@H](C(=O)N(c3cccc(F)c3)[C@@H](C(=O)NC3CC(F)(F)C3)c3ccccc3Cl)CNS2(=O)=O)c1. The first-order valence-corrected chi connectivity index (χ1v) is 14.4. The van der Waals surface area contributed by atoms with Gasteiger partial charge in [0, 0.05) is 47.9 Å². The molecular formula is C27H25ClF3N5O4S. The normalized spacial score (nSPS) is 20.2. The van der Waals surface area contributed by atoms with Gasteiger partial charge in [0.25, 0.3) is 11.8 Å². The van der Waals surface area contributed by atoms with Crippen LogP contribution in [0.5, 0.6) is 0 Å². The molecule has 2 aromatic carbocycles. The largest absolute Gasteiger partial charge is 0.351 e. The third kappa shape index (κ3) is 5.88. The highest BCUT2D eigenvalue weighted by atomic mass is 35.5. The van der Waals surface area contributed by atoms with Crippen molar-refractivity contribution >= 4 is 45.1 Å². The van der Waals surface area contributed by atoms with Gasteiger partial charge in [-0.2, -0.15) is 13.1 Å². The molecule has 2 fully saturated rings. The first-order valence-electron chi connectivity index (χ1n) is 12.6. The number of hydrogen-bond acceptors (Lipinski definition) is 5. The van der Waals surface area contributed by atoms with Crippen LogP contribution in [0.15, 0.2) is 66.9 Å². The molecule has 5 rings (SSSR count). The molecule has 216 valence electrons. The quantitative estimate of drug-likeness (QED) is 0.423. The highest BCUT2D eigenvalue weighted by Crippen LogP contribution is 2.39. The van der Waals surface area contributed by atoms with E-state index in [1.54, 1.807) is 25.1 Å². The number of nitrogens with one attached hydrogen (secondary N) is 2. The van der Waals surface area contributed by atoms with Gasteiger partial charge in [-0.05, 0) is 48.9 Å². The Kier molecular flexibility index (Phi) is 7.70. The summed E-state index contributed by atoms with van der Waals surface area (Å²) in [5.74, 6) is -5.44. The molecule has 0 spiro atoms. The Morgan fingerprint density at radius 3 is 2.54 bits per heavy atom. The van der Waals surface area contributed by atoms with Gasteiger partial charge < -0.3 is 5.32 Å². The molecule has 3 aromatic rings. The molecule has 0 radical (unpaired) electrons. The fourth-order valence-corrected chi connectivity index (χ4v) is 6.54. The minimum absolute atomic E-state index is 0.0389. The van der Waals surface area contributed by atoms with Crippen molar-refractivity contribution in [2.75, 3.05) is 15.7 Å². The van der Waals surface area contributed by atoms with Gasteiger partial charge in [0.05, 0.1) is 0 Å². The summed E-state index contributed by atoms with van der Waals surface area (Å²) in [6.45, 7) is 1.34. The maximum Gasteiger partial charge on any atom is 0.303 e. The highest BCUT2D eigenvalue weighted by Gasteiger charge is 2.49. The van der Waals surface area contributed by atoms with E-state index >= 15 is 0 Å². The number of benzene rings is 2. The van der Waals surface area contributed by atoms with Gasteiger partial charge >= 0.3 is 10.2 Å². The van der Waals surface area contributed by atoms with Crippen LogP contribution in [0.25, 0.3) is 0 Å². The lowest BCUT2D eigenvalue weighted by molar-refractivity contribution is -0.132. The maximum atomic E-state index is 14.5. The van der Waals surface area contributed by atoms with E-state index in [9.17, 15) is 31.2 Å². The van der Waals surface area contributed by atoms with Crippen molar-refractivity contribution in [1.29, 1.82) is 0 Å². The van der Waals surface area contributed by atoms with Crippen LogP contribution in [0.3, 0.4) is 0 Å². The lowest BCUT2D eigenvalue weighted by atomic mass is 9.87. The van der Waals surface area contributed by atoms with E-state index in [1.165, 1.54) is 36.5 Å². The molecule has 14 heteroatoms. The second-order valence-corrected chi connectivity index (χ2v) is 12.0. The van der Waals surface area contributed by atoms with Crippen LogP contribution in [0, 0.1) is 12.7 Å². The van der Waals surface area contributed by atoms with Crippen molar-refractivity contribution in [3.8, 4) is 0 Å². The number of carbonyl (C=O) groups is 2. The first-order chi connectivity index (χ1) is 19.4. The smallest absolute Gasteiger partial charge is 0.303 e. The zero-order valence-corrected chi connectivity index (χ0v) is 23.2. The molecule has 2 amide bonds. The predicted molar refractivity (Wildman–Crippen MR) is 146 cm³/mol. The average molecular weight is 608 g/mol. The molecule has 41 heavy (non-hydrogen) atoms. The van der Waals surface area contributed by atoms with E-state index in [0.717, 1.165) is 21.3 Å². The van der Waals surface area contributed by atoms with E-state index in [4.69, 9.17) is 11.6 Å². The van der Waals surface area contributed by atoms with Crippen molar-refractivity contribution < 1.29 is 31.2 Å². The lowest BCUT2D eigenvalue weighted by Gasteiger charge is -2.39. The van der Waals surface area contributed by atoms with Gasteiger partial charge in [-0.1, -0.05) is 35.9 Å². The zero-order chi connectivity index (χ0) is 29.5. The Morgan fingerprint density at radius 1 is 1.15 bits per heavy atom. The number of anilines is 2. The van der Waals surface area contributed by atoms with Crippen LogP contribution in [0.2, 0.25) is 5.02 Å². The Morgan fingerprint density at radius 2 is 1.88 bits per heavy atom. The molecule has 1 saturated carbocycles. The zero-order valence-electron chi connectivity index (χ0n) is 21.6. The van der Waals surface area contributed by atoms with Crippen molar-refractivity contribution in [2.24, 2.45) is 0 Å². The van der Waals surface area contributed by atoms with E-state index in [2.05, 4.69) is 15.0 Å². The standard InChI is InChI=1S/C27H25ClF3N5O4S/c1-16-9-10-32-23(11-16)36-22(15-33-41(36,39)40)26(38)35(19-6-4-5-17(29)12-19)24(20-7-2-3-8-21(20)28)25(37)34-18-13-27(30,31)14-18/h2-12,18,22,24,33H,13-15H2,1H3,(H,34,37)/t22-,24+/m0/s1. The van der Waals surface area contributed by atoms with Gasteiger partial charge in [-0.25, -0.2) is 22.5 Å². The van der Waals surface area contributed by atoms with Gasteiger partial charge in [-0.3, -0.25) is 14.5 Å². The maximum absolute atomic E-state index is 14.5. The summed E-state index contributed by atoms with van der Waals surface area (Å²) in [4.78, 5) is 33.3. The molecule has 0 bridgehead atoms. The van der Waals surface area contributed by atoms with Crippen LogP contribution < -0.4 is 19.2 Å². The molecule has 2 N–H and O–H groups in total. The van der Waals surface area contributed by atoms with Crippen LogP contribution >= 0.6 is 11.6 Å². The van der Waals surface area contributed by atoms with Gasteiger partial charge in [0.15, 0.2) is 0 Å². The molecular weight excluding hydrogens is 583 g/mol. The number of nitrogens with zero attached hydrogens (tertiary/aromatic N) is 3. The minimum Gasteiger partial charge on any atom is -0.351 e. The number of aromatic nitrogens is 1. The first kappa shape index (κ1) is 28.8. The summed E-state index contributed by atoms with van der Waals surface area (Å²) in [6.07, 6.45) is 0.220. The summed E-state index contributed by atoms with van der Waals surface area (Å²) in [7, 11) is -4.23. The summed E-state index contributed by atoms with van der Waals surface area (Å²) >= 11 is 6.47. The number of alkyl halides is 2. The Hall–Kier alpha value is -3.68. The molecule has 1 saturated heterocycles. The molecule has 2 aliphatic rings. The van der Waals surface area contributed by atoms with E-state index in [1.807, 2.05) is 0 Å². The van der Waals surface area contributed by atoms with Crippen molar-refractivity contribution in [3.63, 3.8) is 0 Å². The van der Waals surface area contributed by atoms with E-state index in [0.29, 0.717) is 5.56 Å². The summed E-state index contributed by atoms with van der Waals surface area (Å²) in [6, 6.07) is 10.2. The van der Waals surface area contributed by atoms with Crippen molar-refractivity contribution in [2.45, 2.75) is 43.8 Å². The number of pyridine rings is 1. The molecule has 2 heterocycles. The third-order valence-electron chi connectivity index (χ3n) is 6.88. The molecule has 1 aromatic heterocycles. The molecule has 9 nitrogen and oxygen atoms in total. The number of amides is 2. The van der Waals surface area contributed by atoms with E-state index < -0.39 is 64.7 Å². The van der Waals surface area contributed by atoms with Crippen molar-refractivity contribution in [3.05, 3.63) is 88.8 Å².